The highest BCUT2D eigenvalue weighted by Crippen LogP contribution is 2.45. The fraction of sp³-hybridized carbons (Fsp3) is 0.0877. The van der Waals surface area contributed by atoms with Crippen LogP contribution >= 0.6 is 0 Å². The van der Waals surface area contributed by atoms with Crippen molar-refractivity contribution in [2.24, 2.45) is 0 Å². The molecule has 10 aromatic rings. The topological polar surface area (TPSA) is 0 Å². The second-order valence-corrected chi connectivity index (χ2v) is 16.5. The zero-order chi connectivity index (χ0) is 38.7. The highest BCUT2D eigenvalue weighted by molar-refractivity contribution is 6.16. The van der Waals surface area contributed by atoms with Crippen molar-refractivity contribution in [2.75, 3.05) is 0 Å². The summed E-state index contributed by atoms with van der Waals surface area (Å²) in [4.78, 5) is 0. The average molecular weight is 729 g/mol. The standard InChI is InChI=1S/C57H44/c1-37-21-23-38(24-22-37)41-29-31-51(45-15-7-5-13-43(41)45)53-33-35-55(49-19-11-9-17-47(49)53)56-36-34-54(48-18-10-12-20-50(48)56)52-32-30-42(44-14-6-8-16-46(44)52)39-25-27-40(28-26-39)57(2,3)4/h5-36H,1-4H3. The molecule has 0 amide bonds. The summed E-state index contributed by atoms with van der Waals surface area (Å²) in [6.45, 7) is 8.96. The Balaban J connectivity index is 1.11. The molecular weight excluding hydrogens is 685 g/mol. The van der Waals surface area contributed by atoms with Gasteiger partial charge in [-0.05, 0) is 117 Å². The molecule has 0 saturated carbocycles. The lowest BCUT2D eigenvalue weighted by atomic mass is 9.84. The molecule has 0 spiro atoms. The lowest BCUT2D eigenvalue weighted by molar-refractivity contribution is 0.590. The van der Waals surface area contributed by atoms with Crippen molar-refractivity contribution < 1.29 is 0 Å². The second-order valence-electron chi connectivity index (χ2n) is 16.5. The molecule has 0 atom stereocenters. The maximum atomic E-state index is 2.35. The Morgan fingerprint density at radius 3 is 0.737 bits per heavy atom. The van der Waals surface area contributed by atoms with Gasteiger partial charge in [0.05, 0.1) is 0 Å². The molecule has 0 nitrogen and oxygen atoms in total. The summed E-state index contributed by atoms with van der Waals surface area (Å²) in [6.07, 6.45) is 0. The first-order valence-electron chi connectivity index (χ1n) is 20.1. The summed E-state index contributed by atoms with van der Waals surface area (Å²) in [5.74, 6) is 0. The Morgan fingerprint density at radius 2 is 0.474 bits per heavy atom. The molecular formula is C57H44. The van der Waals surface area contributed by atoms with Crippen molar-refractivity contribution in [1.82, 2.24) is 0 Å². The van der Waals surface area contributed by atoms with Gasteiger partial charge in [0, 0.05) is 0 Å². The fourth-order valence-electron chi connectivity index (χ4n) is 8.99. The molecule has 10 rings (SSSR count). The molecule has 0 aromatic heterocycles. The SMILES string of the molecule is Cc1ccc(-c2ccc(-c3ccc(-c4ccc(-c5ccc(-c6ccc(C(C)(C)C)cc6)c6ccccc56)c5ccccc45)c4ccccc34)c3ccccc23)cc1. The third kappa shape index (κ3) is 6.01. The van der Waals surface area contributed by atoms with Crippen molar-refractivity contribution in [2.45, 2.75) is 33.1 Å². The maximum absolute atomic E-state index is 2.35. The maximum Gasteiger partial charge on any atom is -0.00987 e. The van der Waals surface area contributed by atoms with Crippen molar-refractivity contribution in [3.63, 3.8) is 0 Å². The Labute approximate surface area is 335 Å². The quantitative estimate of drug-likeness (QED) is 0.166. The normalized spacial score (nSPS) is 11.9. The van der Waals surface area contributed by atoms with Crippen LogP contribution in [0.5, 0.6) is 0 Å². The predicted octanol–water partition coefficient (Wildman–Crippen LogP) is 16.2. The summed E-state index contributed by atoms with van der Waals surface area (Å²) in [7, 11) is 0. The number of rotatable bonds is 5. The zero-order valence-electron chi connectivity index (χ0n) is 33.0. The van der Waals surface area contributed by atoms with E-state index < -0.39 is 0 Å². The highest BCUT2D eigenvalue weighted by Gasteiger charge is 2.18. The van der Waals surface area contributed by atoms with Gasteiger partial charge in [0.25, 0.3) is 0 Å². The van der Waals surface area contributed by atoms with Crippen LogP contribution in [-0.4, -0.2) is 0 Å². The van der Waals surface area contributed by atoms with Crippen LogP contribution in [0, 0.1) is 6.92 Å². The van der Waals surface area contributed by atoms with Gasteiger partial charge in [0.2, 0.25) is 0 Å². The van der Waals surface area contributed by atoms with Crippen LogP contribution in [0.3, 0.4) is 0 Å². The molecule has 0 fully saturated rings. The van der Waals surface area contributed by atoms with Crippen molar-refractivity contribution in [1.29, 1.82) is 0 Å². The lowest BCUT2D eigenvalue weighted by Crippen LogP contribution is -2.10. The number of aryl methyl sites for hydroxylation is 1. The van der Waals surface area contributed by atoms with Gasteiger partial charge >= 0.3 is 0 Å². The van der Waals surface area contributed by atoms with E-state index in [0.717, 1.165) is 0 Å². The van der Waals surface area contributed by atoms with Gasteiger partial charge in [-0.2, -0.15) is 0 Å². The monoisotopic (exact) mass is 728 g/mol. The van der Waals surface area contributed by atoms with E-state index in [9.17, 15) is 0 Å². The Hall–Kier alpha value is -6.76. The highest BCUT2D eigenvalue weighted by atomic mass is 14.2. The van der Waals surface area contributed by atoms with Crippen LogP contribution < -0.4 is 0 Å². The van der Waals surface area contributed by atoms with Gasteiger partial charge in [0.15, 0.2) is 0 Å². The molecule has 0 heterocycles. The summed E-state index contributed by atoms with van der Waals surface area (Å²) in [6, 6.07) is 72.3. The van der Waals surface area contributed by atoms with E-state index >= 15 is 0 Å². The van der Waals surface area contributed by atoms with Crippen LogP contribution in [0.2, 0.25) is 0 Å². The van der Waals surface area contributed by atoms with Gasteiger partial charge in [0.1, 0.15) is 0 Å². The van der Waals surface area contributed by atoms with Gasteiger partial charge < -0.3 is 0 Å². The molecule has 0 aliphatic carbocycles. The number of hydrogen-bond acceptors (Lipinski definition) is 0. The minimum absolute atomic E-state index is 0.120. The van der Waals surface area contributed by atoms with Crippen LogP contribution in [0.1, 0.15) is 31.9 Å². The van der Waals surface area contributed by atoms with Gasteiger partial charge in [-0.15, -0.1) is 0 Å². The van der Waals surface area contributed by atoms with Crippen molar-refractivity contribution in [3.05, 3.63) is 205 Å². The van der Waals surface area contributed by atoms with Gasteiger partial charge in [-0.25, -0.2) is 0 Å². The van der Waals surface area contributed by atoms with E-state index in [0.29, 0.717) is 0 Å². The van der Waals surface area contributed by atoms with E-state index in [4.69, 9.17) is 0 Å². The van der Waals surface area contributed by atoms with E-state index in [2.05, 4.69) is 222 Å². The van der Waals surface area contributed by atoms with E-state index in [1.165, 1.54) is 110 Å². The third-order valence-corrected chi connectivity index (χ3v) is 12.0. The van der Waals surface area contributed by atoms with E-state index in [1.807, 2.05) is 0 Å². The van der Waals surface area contributed by atoms with Crippen molar-refractivity contribution >= 4 is 43.1 Å². The summed E-state index contributed by atoms with van der Waals surface area (Å²) >= 11 is 0. The van der Waals surface area contributed by atoms with Gasteiger partial charge in [-0.1, -0.05) is 220 Å². The first-order chi connectivity index (χ1) is 27.8. The molecule has 10 aromatic carbocycles. The predicted molar refractivity (Wildman–Crippen MR) is 247 cm³/mol. The first-order valence-corrected chi connectivity index (χ1v) is 20.1. The van der Waals surface area contributed by atoms with E-state index in [-0.39, 0.29) is 5.41 Å². The van der Waals surface area contributed by atoms with Crippen molar-refractivity contribution in [3.8, 4) is 55.6 Å². The number of fused-ring (bicyclic) bond motifs is 4. The largest absolute Gasteiger partial charge is 0.0616 e. The fourth-order valence-corrected chi connectivity index (χ4v) is 8.99. The minimum Gasteiger partial charge on any atom is -0.0616 e. The summed E-state index contributed by atoms with van der Waals surface area (Å²) < 4.78 is 0. The molecule has 0 saturated heterocycles. The third-order valence-electron chi connectivity index (χ3n) is 12.0. The smallest absolute Gasteiger partial charge is 0.00987 e. The van der Waals surface area contributed by atoms with Crippen LogP contribution in [0.4, 0.5) is 0 Å². The molecule has 0 unspecified atom stereocenters. The number of hydrogen-bond donors (Lipinski definition) is 0. The Bertz CT molecular complexity index is 3140. The molecule has 0 heteroatoms. The molecule has 0 radical (unpaired) electrons. The average Bonchev–Trinajstić information content (AvgIpc) is 3.25. The Morgan fingerprint density at radius 1 is 0.246 bits per heavy atom. The molecule has 0 aliphatic rings. The first kappa shape index (κ1) is 34.7. The minimum atomic E-state index is 0.120. The molecule has 0 bridgehead atoms. The molecule has 57 heavy (non-hydrogen) atoms. The van der Waals surface area contributed by atoms with E-state index in [1.54, 1.807) is 0 Å². The second kappa shape index (κ2) is 13.8. The number of benzene rings is 10. The van der Waals surface area contributed by atoms with Gasteiger partial charge in [-0.3, -0.25) is 0 Å². The lowest BCUT2D eigenvalue weighted by Gasteiger charge is -2.20. The zero-order valence-corrected chi connectivity index (χ0v) is 33.0. The molecule has 0 aliphatic heterocycles. The Kier molecular flexibility index (Phi) is 8.38. The summed E-state index contributed by atoms with van der Waals surface area (Å²) in [5.41, 5.74) is 15.3. The summed E-state index contributed by atoms with van der Waals surface area (Å²) in [5, 5.41) is 10.1. The van der Waals surface area contributed by atoms with Crippen LogP contribution in [-0.2, 0) is 5.41 Å². The molecule has 0 N–H and O–H groups in total. The van der Waals surface area contributed by atoms with Crippen LogP contribution in [0.25, 0.3) is 98.7 Å². The van der Waals surface area contributed by atoms with Crippen LogP contribution in [0.15, 0.2) is 194 Å². The molecule has 272 valence electrons.